The Hall–Kier alpha value is -2.37. The molecule has 0 bridgehead atoms. The van der Waals surface area contributed by atoms with Crippen LogP contribution in [0.3, 0.4) is 0 Å². The van der Waals surface area contributed by atoms with Crippen molar-refractivity contribution in [2.24, 2.45) is 5.92 Å². The summed E-state index contributed by atoms with van der Waals surface area (Å²) in [4.78, 5) is 15.1. The van der Waals surface area contributed by atoms with E-state index in [4.69, 9.17) is 10.5 Å². The number of halogens is 1. The zero-order valence-corrected chi connectivity index (χ0v) is 12.7. The Balaban J connectivity index is 2.29. The maximum Gasteiger partial charge on any atom is 0.179 e. The van der Waals surface area contributed by atoms with E-state index in [1.165, 1.54) is 0 Å². The predicted octanol–water partition coefficient (Wildman–Crippen LogP) is 3.80. The number of nitrogens with zero attached hydrogens (tertiary/aromatic N) is 2. The smallest absolute Gasteiger partial charge is 0.179 e. The van der Waals surface area contributed by atoms with Gasteiger partial charge in [0.1, 0.15) is 5.92 Å². The third-order valence-electron chi connectivity index (χ3n) is 3.28. The average Bonchev–Trinajstić information content (AvgIpc) is 3.02. The minimum Gasteiger partial charge on any atom is -0.359 e. The van der Waals surface area contributed by atoms with E-state index < -0.39 is 11.8 Å². The van der Waals surface area contributed by atoms with Gasteiger partial charge in [0.25, 0.3) is 0 Å². The Morgan fingerprint density at radius 1 is 1.19 bits per heavy atom. The van der Waals surface area contributed by atoms with Crippen molar-refractivity contribution in [3.63, 3.8) is 0 Å². The van der Waals surface area contributed by atoms with Gasteiger partial charge in [-0.05, 0) is 29.8 Å². The van der Waals surface area contributed by atoms with E-state index in [-0.39, 0.29) is 12.2 Å². The number of ketones is 1. The summed E-state index contributed by atoms with van der Waals surface area (Å²) < 4.78 is 0.908. The number of aromatic amines is 1. The summed E-state index contributed by atoms with van der Waals surface area (Å²) in [6, 6.07) is 14.7. The van der Waals surface area contributed by atoms with Gasteiger partial charge in [-0.15, -0.1) is 0 Å². The summed E-state index contributed by atoms with van der Waals surface area (Å²) >= 11 is 3.35. The van der Waals surface area contributed by atoms with Crippen LogP contribution in [0.2, 0.25) is 0 Å². The third-order valence-corrected chi connectivity index (χ3v) is 3.81. The number of aromatic nitrogens is 1. The lowest BCUT2D eigenvalue weighted by atomic mass is 9.83. The fourth-order valence-electron chi connectivity index (χ4n) is 2.16. The zero-order valence-electron chi connectivity index (χ0n) is 11.1. The molecule has 2 aromatic rings. The monoisotopic (exact) mass is 341 g/mol. The van der Waals surface area contributed by atoms with Crippen LogP contribution in [-0.4, -0.2) is 10.8 Å². The molecule has 0 unspecified atom stereocenters. The zero-order chi connectivity index (χ0) is 15.2. The lowest BCUT2D eigenvalue weighted by molar-refractivity contribution is 0.0966. The highest BCUT2D eigenvalue weighted by atomic mass is 79.9. The highest BCUT2D eigenvalue weighted by molar-refractivity contribution is 9.10. The number of hydrogen-bond donors (Lipinski definition) is 1. The van der Waals surface area contributed by atoms with Crippen LogP contribution in [0.4, 0.5) is 0 Å². The predicted molar refractivity (Wildman–Crippen MR) is 81.3 cm³/mol. The number of nitrogens with one attached hydrogen (secondary N) is 1. The Morgan fingerprint density at radius 2 is 1.86 bits per heavy atom. The van der Waals surface area contributed by atoms with Crippen molar-refractivity contribution in [1.29, 1.82) is 10.5 Å². The molecule has 0 saturated heterocycles. The first-order chi connectivity index (χ1) is 10.2. The van der Waals surface area contributed by atoms with Crippen molar-refractivity contribution in [2.45, 2.75) is 12.3 Å². The fourth-order valence-corrected chi connectivity index (χ4v) is 2.42. The number of carbonyl (C=O) groups is 1. The van der Waals surface area contributed by atoms with E-state index >= 15 is 0 Å². The first-order valence-corrected chi connectivity index (χ1v) is 7.16. The molecule has 1 heterocycles. The Morgan fingerprint density at radius 3 is 2.38 bits per heavy atom. The molecule has 0 aliphatic carbocycles. The topological polar surface area (TPSA) is 80.4 Å². The van der Waals surface area contributed by atoms with Crippen LogP contribution in [0, 0.1) is 28.6 Å². The van der Waals surface area contributed by atoms with Crippen LogP contribution in [0.15, 0.2) is 47.1 Å². The normalized spacial score (nSPS) is 11.6. The van der Waals surface area contributed by atoms with E-state index in [1.807, 2.05) is 36.4 Å². The quantitative estimate of drug-likeness (QED) is 0.839. The lowest BCUT2D eigenvalue weighted by Crippen LogP contribution is -2.15. The minimum atomic E-state index is -0.856. The molecule has 1 aromatic heterocycles. The minimum absolute atomic E-state index is 0.108. The molecule has 0 amide bonds. The van der Waals surface area contributed by atoms with Gasteiger partial charge in [-0.25, -0.2) is 0 Å². The molecule has 0 saturated carbocycles. The highest BCUT2D eigenvalue weighted by Crippen LogP contribution is 2.30. The summed E-state index contributed by atoms with van der Waals surface area (Å²) in [5.74, 6) is -1.41. The molecule has 0 spiro atoms. The van der Waals surface area contributed by atoms with Crippen LogP contribution < -0.4 is 0 Å². The Kier molecular flexibility index (Phi) is 4.92. The summed E-state index contributed by atoms with van der Waals surface area (Å²) in [7, 11) is 0. The van der Waals surface area contributed by atoms with Gasteiger partial charge >= 0.3 is 0 Å². The molecule has 104 valence electrons. The number of nitriles is 2. The largest absolute Gasteiger partial charge is 0.359 e. The third kappa shape index (κ3) is 3.59. The molecule has 4 nitrogen and oxygen atoms in total. The molecule has 0 radical (unpaired) electrons. The maximum atomic E-state index is 12.2. The SMILES string of the molecule is N#CC(C#N)[C@@H](CC(=O)c1ccc[nH]1)c1ccc(Br)cc1. The van der Waals surface area contributed by atoms with Gasteiger partial charge in [-0.2, -0.15) is 10.5 Å². The highest BCUT2D eigenvalue weighted by Gasteiger charge is 2.26. The molecular weight excluding hydrogens is 330 g/mol. The van der Waals surface area contributed by atoms with Crippen molar-refractivity contribution in [2.75, 3.05) is 0 Å². The van der Waals surface area contributed by atoms with Gasteiger partial charge in [0, 0.05) is 23.0 Å². The molecule has 1 N–H and O–H groups in total. The van der Waals surface area contributed by atoms with Gasteiger partial charge in [0.05, 0.1) is 17.8 Å². The fraction of sp³-hybridized carbons (Fsp3) is 0.188. The maximum absolute atomic E-state index is 12.2. The number of Topliss-reactive ketones (excluding diaryl/α,β-unsaturated/α-hetero) is 1. The van der Waals surface area contributed by atoms with Crippen molar-refractivity contribution < 1.29 is 4.79 Å². The van der Waals surface area contributed by atoms with Crippen molar-refractivity contribution >= 4 is 21.7 Å². The molecule has 1 aromatic carbocycles. The summed E-state index contributed by atoms with van der Waals surface area (Å²) in [6.07, 6.45) is 1.79. The first kappa shape index (κ1) is 15.0. The van der Waals surface area contributed by atoms with Crippen LogP contribution in [0.5, 0.6) is 0 Å². The number of carbonyl (C=O) groups excluding carboxylic acids is 1. The van der Waals surface area contributed by atoms with Crippen LogP contribution in [0.1, 0.15) is 28.4 Å². The molecule has 1 atom stereocenters. The van der Waals surface area contributed by atoms with Gasteiger partial charge in [-0.1, -0.05) is 28.1 Å². The molecular formula is C16H12BrN3O. The van der Waals surface area contributed by atoms with Crippen molar-refractivity contribution in [1.82, 2.24) is 4.98 Å². The average molecular weight is 342 g/mol. The summed E-state index contributed by atoms with van der Waals surface area (Å²) in [6.45, 7) is 0. The van der Waals surface area contributed by atoms with Crippen LogP contribution in [0.25, 0.3) is 0 Å². The van der Waals surface area contributed by atoms with E-state index in [2.05, 4.69) is 20.9 Å². The van der Waals surface area contributed by atoms with Gasteiger partial charge in [-0.3, -0.25) is 4.79 Å². The van der Waals surface area contributed by atoms with E-state index in [0.29, 0.717) is 5.69 Å². The molecule has 0 aliphatic rings. The van der Waals surface area contributed by atoms with Gasteiger partial charge in [0.2, 0.25) is 0 Å². The second-order valence-corrected chi connectivity index (χ2v) is 5.52. The Labute approximate surface area is 131 Å². The molecule has 5 heteroatoms. The summed E-state index contributed by atoms with van der Waals surface area (Å²) in [5, 5.41) is 18.3. The van der Waals surface area contributed by atoms with Crippen molar-refractivity contribution in [3.8, 4) is 12.1 Å². The van der Waals surface area contributed by atoms with Gasteiger partial charge < -0.3 is 4.98 Å². The molecule has 0 aliphatic heterocycles. The molecule has 21 heavy (non-hydrogen) atoms. The van der Waals surface area contributed by atoms with Crippen LogP contribution in [-0.2, 0) is 0 Å². The second kappa shape index (κ2) is 6.88. The number of H-pyrrole nitrogens is 1. The lowest BCUT2D eigenvalue weighted by Gasteiger charge is -2.17. The first-order valence-electron chi connectivity index (χ1n) is 6.37. The van der Waals surface area contributed by atoms with E-state index in [0.717, 1.165) is 10.0 Å². The number of benzene rings is 1. The van der Waals surface area contributed by atoms with Gasteiger partial charge in [0.15, 0.2) is 5.78 Å². The Bertz CT molecular complexity index is 679. The number of rotatable bonds is 5. The standard InChI is InChI=1S/C16H12BrN3O/c17-13-5-3-11(4-6-13)14(12(9-18)10-19)8-16(21)15-2-1-7-20-15/h1-7,12,14,20H,8H2/t14-/m0/s1. The number of hydrogen-bond acceptors (Lipinski definition) is 3. The summed E-state index contributed by atoms with van der Waals surface area (Å²) in [5.41, 5.74) is 1.30. The molecule has 2 rings (SSSR count). The van der Waals surface area contributed by atoms with E-state index in [1.54, 1.807) is 18.3 Å². The molecule has 0 fully saturated rings. The second-order valence-electron chi connectivity index (χ2n) is 4.61. The van der Waals surface area contributed by atoms with Crippen LogP contribution >= 0.6 is 15.9 Å². The van der Waals surface area contributed by atoms with E-state index in [9.17, 15) is 4.79 Å². The van der Waals surface area contributed by atoms with Crippen molar-refractivity contribution in [3.05, 3.63) is 58.3 Å².